The van der Waals surface area contributed by atoms with Crippen LogP contribution >= 0.6 is 0 Å². The van der Waals surface area contributed by atoms with E-state index in [0.717, 1.165) is 49.0 Å². The minimum atomic E-state index is 0.796. The Balaban J connectivity index is 1.11. The molecule has 0 amide bonds. The fourth-order valence-electron chi connectivity index (χ4n) is 4.61. The molecule has 0 saturated carbocycles. The minimum Gasteiger partial charge on any atom is -0.493 e. The Hall–Kier alpha value is -2.59. The number of nitrogens with zero attached hydrogens (tertiary/aromatic N) is 2. The fraction of sp³-hybridized carbons (Fsp3) is 0.400. The van der Waals surface area contributed by atoms with Crippen LogP contribution in [0.15, 0.2) is 54.7 Å². The number of ether oxygens (including phenoxy) is 1. The van der Waals surface area contributed by atoms with E-state index in [1.165, 1.54) is 49.2 Å². The highest BCUT2D eigenvalue weighted by atomic mass is 16.5. The summed E-state index contributed by atoms with van der Waals surface area (Å²) >= 11 is 0. The lowest BCUT2D eigenvalue weighted by Crippen LogP contribution is -2.35. The molecule has 4 nitrogen and oxygen atoms in total. The molecule has 29 heavy (non-hydrogen) atoms. The second-order valence-electron chi connectivity index (χ2n) is 8.40. The van der Waals surface area contributed by atoms with Crippen LogP contribution in [0.2, 0.25) is 0 Å². The first-order valence-corrected chi connectivity index (χ1v) is 10.9. The first kappa shape index (κ1) is 18.4. The molecule has 0 spiro atoms. The van der Waals surface area contributed by atoms with Crippen molar-refractivity contribution in [3.63, 3.8) is 0 Å². The lowest BCUT2D eigenvalue weighted by Gasteiger charge is -2.31. The number of benzene rings is 2. The van der Waals surface area contributed by atoms with Crippen LogP contribution in [0.4, 0.5) is 0 Å². The Morgan fingerprint density at radius 1 is 1.07 bits per heavy atom. The summed E-state index contributed by atoms with van der Waals surface area (Å²) in [6.45, 7) is 4.33. The van der Waals surface area contributed by atoms with Crippen LogP contribution in [0.5, 0.6) is 5.75 Å². The monoisotopic (exact) mass is 387 g/mol. The number of rotatable bonds is 6. The SMILES string of the molecule is c1ccc(CC2CCN(CCc3cnc(-c4ccc5c(c4)CCO5)[nH]3)CC2)cc1. The maximum absolute atomic E-state index is 5.60. The first-order chi connectivity index (χ1) is 14.3. The smallest absolute Gasteiger partial charge is 0.137 e. The van der Waals surface area contributed by atoms with Crippen molar-refractivity contribution < 1.29 is 4.74 Å². The molecule has 3 heterocycles. The second kappa shape index (κ2) is 8.42. The number of imidazole rings is 1. The molecule has 4 heteroatoms. The third-order valence-electron chi connectivity index (χ3n) is 6.36. The zero-order valence-corrected chi connectivity index (χ0v) is 16.9. The van der Waals surface area contributed by atoms with E-state index >= 15 is 0 Å². The molecule has 0 radical (unpaired) electrons. The number of nitrogens with one attached hydrogen (secondary N) is 1. The maximum atomic E-state index is 5.60. The summed E-state index contributed by atoms with van der Waals surface area (Å²) in [4.78, 5) is 10.7. The summed E-state index contributed by atoms with van der Waals surface area (Å²) in [6, 6.07) is 17.3. The molecule has 150 valence electrons. The molecular weight excluding hydrogens is 358 g/mol. The van der Waals surface area contributed by atoms with Gasteiger partial charge in [-0.3, -0.25) is 0 Å². The average molecular weight is 388 g/mol. The van der Waals surface area contributed by atoms with Gasteiger partial charge in [-0.05, 0) is 67.6 Å². The van der Waals surface area contributed by atoms with Crippen molar-refractivity contribution in [2.45, 2.75) is 32.1 Å². The van der Waals surface area contributed by atoms with Gasteiger partial charge in [0.1, 0.15) is 11.6 Å². The molecule has 0 unspecified atom stereocenters. The molecule has 1 N–H and O–H groups in total. The van der Waals surface area contributed by atoms with Gasteiger partial charge in [-0.1, -0.05) is 30.3 Å². The van der Waals surface area contributed by atoms with Gasteiger partial charge in [0.05, 0.1) is 6.61 Å². The van der Waals surface area contributed by atoms with Gasteiger partial charge >= 0.3 is 0 Å². The molecule has 0 aliphatic carbocycles. The van der Waals surface area contributed by atoms with E-state index in [4.69, 9.17) is 4.74 Å². The zero-order valence-electron chi connectivity index (χ0n) is 16.9. The Morgan fingerprint density at radius 2 is 1.93 bits per heavy atom. The minimum absolute atomic E-state index is 0.796. The lowest BCUT2D eigenvalue weighted by atomic mass is 9.90. The average Bonchev–Trinajstić information content (AvgIpc) is 3.43. The molecule has 0 atom stereocenters. The number of aromatic amines is 1. The molecule has 1 fully saturated rings. The molecule has 1 aromatic heterocycles. The van der Waals surface area contributed by atoms with Crippen molar-refractivity contribution in [3.8, 4) is 17.1 Å². The summed E-state index contributed by atoms with van der Waals surface area (Å²) in [5.74, 6) is 2.82. The predicted molar refractivity (Wildman–Crippen MR) is 116 cm³/mol. The van der Waals surface area contributed by atoms with Crippen LogP contribution in [0, 0.1) is 5.92 Å². The molecular formula is C25H29N3O. The van der Waals surface area contributed by atoms with Crippen molar-refractivity contribution in [1.29, 1.82) is 0 Å². The highest BCUT2D eigenvalue weighted by Crippen LogP contribution is 2.29. The van der Waals surface area contributed by atoms with E-state index in [1.54, 1.807) is 0 Å². The van der Waals surface area contributed by atoms with Gasteiger partial charge in [-0.25, -0.2) is 4.98 Å². The van der Waals surface area contributed by atoms with Gasteiger partial charge in [0.25, 0.3) is 0 Å². The highest BCUT2D eigenvalue weighted by molar-refractivity contribution is 5.59. The lowest BCUT2D eigenvalue weighted by molar-refractivity contribution is 0.185. The molecule has 0 bridgehead atoms. The molecule has 5 rings (SSSR count). The van der Waals surface area contributed by atoms with Crippen molar-refractivity contribution in [2.24, 2.45) is 5.92 Å². The molecule has 2 aliphatic heterocycles. The quantitative estimate of drug-likeness (QED) is 0.677. The predicted octanol–water partition coefficient (Wildman–Crippen LogP) is 4.51. The van der Waals surface area contributed by atoms with E-state index in [0.29, 0.717) is 0 Å². The topological polar surface area (TPSA) is 41.2 Å². The number of H-pyrrole nitrogens is 1. The molecule has 2 aliphatic rings. The van der Waals surface area contributed by atoms with E-state index in [9.17, 15) is 0 Å². The van der Waals surface area contributed by atoms with E-state index < -0.39 is 0 Å². The van der Waals surface area contributed by atoms with Crippen LogP contribution in [0.25, 0.3) is 11.4 Å². The van der Waals surface area contributed by atoms with Gasteiger partial charge in [0.15, 0.2) is 0 Å². The third kappa shape index (κ3) is 4.38. The molecule has 3 aromatic rings. The number of hydrogen-bond acceptors (Lipinski definition) is 3. The zero-order chi connectivity index (χ0) is 19.5. The van der Waals surface area contributed by atoms with Crippen molar-refractivity contribution >= 4 is 0 Å². The Morgan fingerprint density at radius 3 is 2.79 bits per heavy atom. The van der Waals surface area contributed by atoms with Crippen LogP contribution in [0.1, 0.15) is 29.7 Å². The third-order valence-corrected chi connectivity index (χ3v) is 6.36. The summed E-state index contributed by atoms with van der Waals surface area (Å²) < 4.78 is 5.60. The number of piperidine rings is 1. The van der Waals surface area contributed by atoms with Crippen molar-refractivity contribution in [3.05, 3.63) is 71.5 Å². The van der Waals surface area contributed by atoms with Crippen molar-refractivity contribution in [1.82, 2.24) is 14.9 Å². The normalized spacial score (nSPS) is 17.2. The van der Waals surface area contributed by atoms with Gasteiger partial charge in [0.2, 0.25) is 0 Å². The Bertz CT molecular complexity index is 942. The van der Waals surface area contributed by atoms with E-state index in [1.807, 2.05) is 6.20 Å². The number of hydrogen-bond donors (Lipinski definition) is 1. The highest BCUT2D eigenvalue weighted by Gasteiger charge is 2.19. The fourth-order valence-corrected chi connectivity index (χ4v) is 4.61. The number of fused-ring (bicyclic) bond motifs is 1. The second-order valence-corrected chi connectivity index (χ2v) is 8.40. The van der Waals surface area contributed by atoms with Crippen molar-refractivity contribution in [2.75, 3.05) is 26.2 Å². The largest absolute Gasteiger partial charge is 0.493 e. The summed E-state index contributed by atoms with van der Waals surface area (Å²) in [5.41, 5.74) is 5.15. The Kier molecular flexibility index (Phi) is 5.35. The number of likely N-dealkylation sites (tertiary alicyclic amines) is 1. The van der Waals surface area contributed by atoms with Crippen LogP contribution in [-0.2, 0) is 19.3 Å². The van der Waals surface area contributed by atoms with Crippen LogP contribution < -0.4 is 4.74 Å². The summed E-state index contributed by atoms with van der Waals surface area (Å²) in [7, 11) is 0. The van der Waals surface area contributed by atoms with E-state index in [-0.39, 0.29) is 0 Å². The first-order valence-electron chi connectivity index (χ1n) is 10.9. The van der Waals surface area contributed by atoms with Gasteiger partial charge in [-0.15, -0.1) is 0 Å². The standard InChI is InChI=1S/C25H29N3O/c1-2-4-19(5-3-1)16-20-8-12-28(13-9-20)14-10-23-18-26-25(27-23)22-6-7-24-21(17-22)11-15-29-24/h1-7,17-18,20H,8-16H2,(H,26,27). The summed E-state index contributed by atoms with van der Waals surface area (Å²) in [6.07, 6.45) is 7.87. The molecule has 1 saturated heterocycles. The van der Waals surface area contributed by atoms with Gasteiger partial charge < -0.3 is 14.6 Å². The molecule has 2 aromatic carbocycles. The van der Waals surface area contributed by atoms with Gasteiger partial charge in [-0.2, -0.15) is 0 Å². The van der Waals surface area contributed by atoms with Crippen LogP contribution in [0.3, 0.4) is 0 Å². The number of aromatic nitrogens is 2. The Labute approximate surface area is 172 Å². The van der Waals surface area contributed by atoms with Crippen LogP contribution in [-0.4, -0.2) is 41.1 Å². The summed E-state index contributed by atoms with van der Waals surface area (Å²) in [5, 5.41) is 0. The van der Waals surface area contributed by atoms with E-state index in [2.05, 4.69) is 63.4 Å². The van der Waals surface area contributed by atoms with Gasteiger partial charge in [0, 0.05) is 36.8 Å². The maximum Gasteiger partial charge on any atom is 0.137 e.